The van der Waals surface area contributed by atoms with Crippen LogP contribution in [0.15, 0.2) is 34.5 Å². The van der Waals surface area contributed by atoms with Crippen LogP contribution in [-0.4, -0.2) is 6.29 Å². The summed E-state index contributed by atoms with van der Waals surface area (Å²) in [4.78, 5) is 12.0. The molecule has 1 aromatic carbocycles. The number of aldehydes is 1. The van der Waals surface area contributed by atoms with E-state index in [0.717, 1.165) is 23.2 Å². The summed E-state index contributed by atoms with van der Waals surface area (Å²) in [5, 5.41) is 2.89. The lowest BCUT2D eigenvalue weighted by Gasteiger charge is -2.03. The number of hydrogen-bond acceptors (Lipinski definition) is 4. The molecular weight excluding hydrogens is 299 g/mol. The second-order valence-electron chi connectivity index (χ2n) is 3.04. The molecule has 0 atom stereocenters. The number of rotatable bonds is 4. The summed E-state index contributed by atoms with van der Waals surface area (Å²) in [6.07, 6.45) is 0.769. The van der Waals surface area contributed by atoms with Crippen LogP contribution in [0.5, 0.6) is 5.75 Å². The van der Waals surface area contributed by atoms with E-state index in [4.69, 9.17) is 27.4 Å². The number of hydrogen-bond donors (Lipinski definition) is 0. The highest BCUT2D eigenvalue weighted by atomic mass is 35.5. The maximum absolute atomic E-state index is 10.7. The molecule has 88 valence electrons. The standard InChI is InChI=1S/C11H6Cl2O2S2/c12-7-3-8(13)5-9(4-7)17-15-10-1-2-16-11(10)6-14/h1-6H. The molecule has 0 amide bonds. The summed E-state index contributed by atoms with van der Waals surface area (Å²) in [6.45, 7) is 0. The molecule has 0 bridgehead atoms. The average Bonchev–Trinajstić information content (AvgIpc) is 2.72. The van der Waals surface area contributed by atoms with Crippen molar-refractivity contribution < 1.29 is 8.98 Å². The van der Waals surface area contributed by atoms with Gasteiger partial charge >= 0.3 is 0 Å². The summed E-state index contributed by atoms with van der Waals surface area (Å²) in [5.41, 5.74) is 0. The Morgan fingerprint density at radius 2 is 1.94 bits per heavy atom. The second kappa shape index (κ2) is 5.78. The Kier molecular flexibility index (Phi) is 4.34. The summed E-state index contributed by atoms with van der Waals surface area (Å²) in [5.74, 6) is 0.547. The van der Waals surface area contributed by atoms with E-state index in [0.29, 0.717) is 20.7 Å². The number of halogens is 2. The van der Waals surface area contributed by atoms with Crippen molar-refractivity contribution in [3.05, 3.63) is 44.6 Å². The zero-order chi connectivity index (χ0) is 12.3. The molecule has 6 heteroatoms. The van der Waals surface area contributed by atoms with Gasteiger partial charge in [0, 0.05) is 10.0 Å². The van der Waals surface area contributed by atoms with E-state index in [1.54, 1.807) is 29.6 Å². The van der Waals surface area contributed by atoms with Crippen molar-refractivity contribution in [2.24, 2.45) is 0 Å². The first kappa shape index (κ1) is 12.8. The zero-order valence-electron chi connectivity index (χ0n) is 8.35. The molecule has 0 radical (unpaired) electrons. The van der Waals surface area contributed by atoms with Crippen LogP contribution < -0.4 is 4.18 Å². The molecule has 1 aromatic heterocycles. The Labute approximate surface area is 117 Å². The second-order valence-corrected chi connectivity index (χ2v) is 5.66. The fourth-order valence-electron chi connectivity index (χ4n) is 1.13. The van der Waals surface area contributed by atoms with E-state index < -0.39 is 0 Å². The van der Waals surface area contributed by atoms with E-state index in [1.807, 2.05) is 0 Å². The van der Waals surface area contributed by atoms with Crippen molar-refractivity contribution in [2.75, 3.05) is 0 Å². The van der Waals surface area contributed by atoms with Crippen molar-refractivity contribution in [1.29, 1.82) is 0 Å². The molecule has 1 heterocycles. The molecule has 2 aromatic rings. The number of carbonyl (C=O) groups excluding carboxylic acids is 1. The molecule has 0 aliphatic rings. The predicted molar refractivity (Wildman–Crippen MR) is 72.7 cm³/mol. The molecule has 2 rings (SSSR count). The van der Waals surface area contributed by atoms with Gasteiger partial charge < -0.3 is 4.18 Å². The van der Waals surface area contributed by atoms with Gasteiger partial charge in [-0.3, -0.25) is 4.79 Å². The van der Waals surface area contributed by atoms with Crippen molar-refractivity contribution in [3.8, 4) is 5.75 Å². The van der Waals surface area contributed by atoms with E-state index in [9.17, 15) is 4.79 Å². The molecule has 0 aliphatic carbocycles. The first-order valence-electron chi connectivity index (χ1n) is 4.52. The van der Waals surface area contributed by atoms with Gasteiger partial charge in [0.2, 0.25) is 0 Å². The zero-order valence-corrected chi connectivity index (χ0v) is 11.5. The normalized spacial score (nSPS) is 10.2. The molecule has 0 saturated heterocycles. The van der Waals surface area contributed by atoms with Crippen LogP contribution in [0.2, 0.25) is 10.0 Å². The van der Waals surface area contributed by atoms with E-state index in [2.05, 4.69) is 0 Å². The van der Waals surface area contributed by atoms with Crippen LogP contribution in [-0.2, 0) is 0 Å². The molecule has 2 nitrogen and oxygen atoms in total. The third-order valence-electron chi connectivity index (χ3n) is 1.83. The monoisotopic (exact) mass is 304 g/mol. The van der Waals surface area contributed by atoms with Crippen LogP contribution in [0.25, 0.3) is 0 Å². The topological polar surface area (TPSA) is 26.3 Å². The van der Waals surface area contributed by atoms with Gasteiger partial charge in [-0.1, -0.05) is 23.2 Å². The van der Waals surface area contributed by atoms with Gasteiger partial charge in [-0.2, -0.15) is 0 Å². The van der Waals surface area contributed by atoms with Gasteiger partial charge in [-0.15, -0.1) is 11.3 Å². The SMILES string of the molecule is O=Cc1sccc1OSc1cc(Cl)cc(Cl)c1. The van der Waals surface area contributed by atoms with E-state index in [1.165, 1.54) is 11.3 Å². The molecule has 0 unspecified atom stereocenters. The van der Waals surface area contributed by atoms with Gasteiger partial charge in [0.1, 0.15) is 4.88 Å². The highest BCUT2D eigenvalue weighted by Crippen LogP contribution is 2.31. The largest absolute Gasteiger partial charge is 0.419 e. The molecule has 0 spiro atoms. The first-order chi connectivity index (χ1) is 8.19. The van der Waals surface area contributed by atoms with Gasteiger partial charge in [0.05, 0.1) is 16.9 Å². The Hall–Kier alpha value is -0.680. The van der Waals surface area contributed by atoms with Gasteiger partial charge in [-0.25, -0.2) is 0 Å². The molecule has 0 saturated carbocycles. The Balaban J connectivity index is 2.09. The minimum absolute atomic E-state index is 0.546. The van der Waals surface area contributed by atoms with Crippen molar-refractivity contribution in [1.82, 2.24) is 0 Å². The first-order valence-corrected chi connectivity index (χ1v) is 6.90. The summed E-state index contributed by atoms with van der Waals surface area (Å²) in [7, 11) is 0. The van der Waals surface area contributed by atoms with Crippen molar-refractivity contribution in [2.45, 2.75) is 4.90 Å². The highest BCUT2D eigenvalue weighted by molar-refractivity contribution is 7.95. The van der Waals surface area contributed by atoms with E-state index >= 15 is 0 Å². The smallest absolute Gasteiger partial charge is 0.163 e. The number of carbonyl (C=O) groups is 1. The Morgan fingerprint density at radius 3 is 2.59 bits per heavy atom. The maximum atomic E-state index is 10.7. The third-order valence-corrected chi connectivity index (χ3v) is 3.78. The third kappa shape index (κ3) is 3.39. The number of benzene rings is 1. The van der Waals surface area contributed by atoms with Crippen LogP contribution in [0, 0.1) is 0 Å². The summed E-state index contributed by atoms with van der Waals surface area (Å²) >= 11 is 14.2. The lowest BCUT2D eigenvalue weighted by Crippen LogP contribution is -1.83. The molecule has 0 fully saturated rings. The highest BCUT2D eigenvalue weighted by Gasteiger charge is 2.06. The molecular formula is C11H6Cl2O2S2. The van der Waals surface area contributed by atoms with Crippen LogP contribution >= 0.6 is 46.6 Å². The minimum Gasteiger partial charge on any atom is -0.419 e. The predicted octanol–water partition coefficient (Wildman–Crippen LogP) is 4.95. The quantitative estimate of drug-likeness (QED) is 0.590. The van der Waals surface area contributed by atoms with Gasteiger partial charge in [0.25, 0.3) is 0 Å². The molecule has 0 aliphatic heterocycles. The minimum atomic E-state index is 0.546. The van der Waals surface area contributed by atoms with Gasteiger partial charge in [-0.05, 0) is 29.6 Å². The Morgan fingerprint density at radius 1 is 1.24 bits per heavy atom. The summed E-state index contributed by atoms with van der Waals surface area (Å²) < 4.78 is 5.44. The fourth-order valence-corrected chi connectivity index (χ4v) is 3.14. The van der Waals surface area contributed by atoms with Crippen LogP contribution in [0.3, 0.4) is 0 Å². The number of thiophene rings is 1. The Bertz CT molecular complexity index is 520. The van der Waals surface area contributed by atoms with Crippen molar-refractivity contribution in [3.63, 3.8) is 0 Å². The molecule has 0 N–H and O–H groups in total. The average molecular weight is 305 g/mol. The lowest BCUT2D eigenvalue weighted by atomic mass is 10.4. The van der Waals surface area contributed by atoms with E-state index in [-0.39, 0.29) is 0 Å². The van der Waals surface area contributed by atoms with Gasteiger partial charge in [0.15, 0.2) is 12.0 Å². The fraction of sp³-hybridized carbons (Fsp3) is 0. The van der Waals surface area contributed by atoms with Crippen LogP contribution in [0.4, 0.5) is 0 Å². The van der Waals surface area contributed by atoms with Crippen molar-refractivity contribution >= 4 is 52.9 Å². The summed E-state index contributed by atoms with van der Waals surface area (Å²) in [6, 6.07) is 6.87. The lowest BCUT2D eigenvalue weighted by molar-refractivity contribution is 0.112. The maximum Gasteiger partial charge on any atom is 0.163 e. The molecule has 17 heavy (non-hydrogen) atoms. The van der Waals surface area contributed by atoms with Crippen LogP contribution in [0.1, 0.15) is 9.67 Å².